The first-order chi connectivity index (χ1) is 11.2. The highest BCUT2D eigenvalue weighted by Crippen LogP contribution is 2.32. The SMILES string of the molecule is COC(=O)CC(CC(=O)OC)=NNc1ncc(C(F)(F)F)cc1Cl. The standard InChI is InChI=1S/C13H13ClF3N3O4/c1-23-10(21)4-8(5-11(22)24-2)19-20-12-9(14)3-7(6-18-12)13(15,16)17/h3,6H,4-5H2,1-2H3,(H,18,20). The molecule has 0 aliphatic rings. The number of anilines is 1. The average molecular weight is 368 g/mol. The van der Waals surface area contributed by atoms with Crippen LogP contribution in [0.15, 0.2) is 17.4 Å². The van der Waals surface area contributed by atoms with Gasteiger partial charge in [-0.2, -0.15) is 18.3 Å². The van der Waals surface area contributed by atoms with Gasteiger partial charge in [0.2, 0.25) is 0 Å². The Hall–Kier alpha value is -2.36. The summed E-state index contributed by atoms with van der Waals surface area (Å²) in [5.41, 5.74) is 1.32. The summed E-state index contributed by atoms with van der Waals surface area (Å²) in [4.78, 5) is 26.1. The number of pyridine rings is 1. The third-order valence-corrected chi connectivity index (χ3v) is 2.93. The van der Waals surface area contributed by atoms with Gasteiger partial charge in [0, 0.05) is 6.20 Å². The van der Waals surface area contributed by atoms with Crippen molar-refractivity contribution in [2.75, 3.05) is 19.6 Å². The van der Waals surface area contributed by atoms with Gasteiger partial charge in [-0.3, -0.25) is 15.0 Å². The molecule has 7 nitrogen and oxygen atoms in total. The first-order valence-corrected chi connectivity index (χ1v) is 6.73. The first kappa shape index (κ1) is 19.7. The summed E-state index contributed by atoms with van der Waals surface area (Å²) < 4.78 is 46.5. The minimum absolute atomic E-state index is 0.0338. The largest absolute Gasteiger partial charge is 0.469 e. The monoisotopic (exact) mass is 367 g/mol. The summed E-state index contributed by atoms with van der Waals surface area (Å²) in [5, 5.41) is 3.43. The third kappa shape index (κ3) is 6.03. The molecular weight excluding hydrogens is 355 g/mol. The van der Waals surface area contributed by atoms with Crippen molar-refractivity contribution in [2.45, 2.75) is 19.0 Å². The number of carbonyl (C=O) groups is 2. The molecule has 1 aromatic heterocycles. The fourth-order valence-electron chi connectivity index (χ4n) is 1.43. The van der Waals surface area contributed by atoms with Gasteiger partial charge in [0.25, 0.3) is 0 Å². The second-order valence-electron chi connectivity index (χ2n) is 4.35. The van der Waals surface area contributed by atoms with Crippen molar-refractivity contribution in [1.29, 1.82) is 0 Å². The molecule has 0 spiro atoms. The maximum Gasteiger partial charge on any atom is 0.417 e. The van der Waals surface area contributed by atoms with Crippen LogP contribution in [-0.4, -0.2) is 36.9 Å². The lowest BCUT2D eigenvalue weighted by molar-refractivity contribution is -0.140. The number of methoxy groups -OCH3 is 2. The number of rotatable bonds is 6. The summed E-state index contributed by atoms with van der Waals surface area (Å²) >= 11 is 5.71. The van der Waals surface area contributed by atoms with Gasteiger partial charge in [0.05, 0.1) is 43.4 Å². The molecule has 0 aromatic carbocycles. The van der Waals surface area contributed by atoms with E-state index in [4.69, 9.17) is 11.6 Å². The molecule has 0 amide bonds. The van der Waals surface area contributed by atoms with E-state index in [9.17, 15) is 22.8 Å². The van der Waals surface area contributed by atoms with E-state index in [1.54, 1.807) is 0 Å². The molecule has 0 aliphatic heterocycles. The molecule has 0 saturated heterocycles. The molecule has 132 valence electrons. The van der Waals surface area contributed by atoms with E-state index in [2.05, 4.69) is 25.0 Å². The third-order valence-electron chi connectivity index (χ3n) is 2.64. The predicted molar refractivity (Wildman–Crippen MR) is 78.6 cm³/mol. The Morgan fingerprint density at radius 2 is 1.79 bits per heavy atom. The van der Waals surface area contributed by atoms with Gasteiger partial charge in [0.15, 0.2) is 5.82 Å². The summed E-state index contributed by atoms with van der Waals surface area (Å²) in [6, 6.07) is 0.673. The quantitative estimate of drug-likeness (QED) is 0.472. The van der Waals surface area contributed by atoms with Crippen LogP contribution in [0.5, 0.6) is 0 Å². The van der Waals surface area contributed by atoms with Gasteiger partial charge < -0.3 is 9.47 Å². The van der Waals surface area contributed by atoms with Crippen LogP contribution in [0.2, 0.25) is 5.02 Å². The summed E-state index contributed by atoms with van der Waals surface area (Å²) in [5.74, 6) is -1.49. The van der Waals surface area contributed by atoms with E-state index in [0.717, 1.165) is 14.2 Å². The van der Waals surface area contributed by atoms with Crippen LogP contribution < -0.4 is 5.43 Å². The number of carbonyl (C=O) groups excluding carboxylic acids is 2. The molecule has 11 heteroatoms. The number of alkyl halides is 3. The minimum atomic E-state index is -4.58. The number of aromatic nitrogens is 1. The Kier molecular flexibility index (Phi) is 6.96. The van der Waals surface area contributed by atoms with Crippen molar-refractivity contribution >= 4 is 35.1 Å². The molecule has 0 aliphatic carbocycles. The van der Waals surface area contributed by atoms with Gasteiger partial charge in [-0.1, -0.05) is 11.6 Å². The van der Waals surface area contributed by atoms with Crippen molar-refractivity contribution in [3.05, 3.63) is 22.8 Å². The second kappa shape index (κ2) is 8.48. The lowest BCUT2D eigenvalue weighted by atomic mass is 10.2. The van der Waals surface area contributed by atoms with Gasteiger partial charge in [-0.05, 0) is 6.07 Å². The van der Waals surface area contributed by atoms with Gasteiger partial charge >= 0.3 is 18.1 Å². The molecule has 0 bridgehead atoms. The van der Waals surface area contributed by atoms with Crippen LogP contribution in [0.1, 0.15) is 18.4 Å². The normalized spacial score (nSPS) is 10.8. The fraction of sp³-hybridized carbons (Fsp3) is 0.385. The Bertz CT molecular complexity index is 630. The van der Waals surface area contributed by atoms with Crippen molar-refractivity contribution in [2.24, 2.45) is 5.10 Å². The number of esters is 2. The van der Waals surface area contributed by atoms with Crippen LogP contribution in [0, 0.1) is 0 Å². The van der Waals surface area contributed by atoms with Crippen LogP contribution in [-0.2, 0) is 25.2 Å². The van der Waals surface area contributed by atoms with Crippen molar-refractivity contribution in [1.82, 2.24) is 4.98 Å². The summed E-state index contributed by atoms with van der Waals surface area (Å²) in [6.45, 7) is 0. The van der Waals surface area contributed by atoms with Crippen LogP contribution >= 0.6 is 11.6 Å². The number of halogens is 4. The van der Waals surface area contributed by atoms with E-state index in [1.807, 2.05) is 0 Å². The zero-order chi connectivity index (χ0) is 18.3. The Balaban J connectivity index is 2.95. The van der Waals surface area contributed by atoms with E-state index in [0.29, 0.717) is 12.3 Å². The molecule has 0 saturated carbocycles. The number of hydrogen-bond donors (Lipinski definition) is 1. The summed E-state index contributed by atoms with van der Waals surface area (Å²) in [6.07, 6.45) is -4.66. The molecule has 0 radical (unpaired) electrons. The number of hydrogen-bond acceptors (Lipinski definition) is 7. The minimum Gasteiger partial charge on any atom is -0.469 e. The lowest BCUT2D eigenvalue weighted by Gasteiger charge is -2.09. The molecule has 0 unspecified atom stereocenters. The van der Waals surface area contributed by atoms with E-state index in [1.165, 1.54) is 0 Å². The predicted octanol–water partition coefficient (Wildman–Crippen LogP) is 2.65. The number of nitrogens with one attached hydrogen (secondary N) is 1. The Labute approximate surface area is 139 Å². The topological polar surface area (TPSA) is 89.9 Å². The molecule has 1 heterocycles. The maximum atomic E-state index is 12.5. The van der Waals surface area contributed by atoms with E-state index in [-0.39, 0.29) is 29.4 Å². The number of ether oxygens (including phenoxy) is 2. The molecule has 1 N–H and O–H groups in total. The molecule has 1 rings (SSSR count). The number of hydrazone groups is 1. The molecular formula is C13H13ClF3N3O4. The van der Waals surface area contributed by atoms with Crippen LogP contribution in [0.4, 0.5) is 19.0 Å². The van der Waals surface area contributed by atoms with Crippen LogP contribution in [0.25, 0.3) is 0 Å². The Morgan fingerprint density at radius 1 is 1.25 bits per heavy atom. The molecule has 1 aromatic rings. The van der Waals surface area contributed by atoms with Gasteiger partial charge in [0.1, 0.15) is 0 Å². The number of nitrogens with zero attached hydrogens (tertiary/aromatic N) is 2. The van der Waals surface area contributed by atoms with E-state index < -0.39 is 23.7 Å². The first-order valence-electron chi connectivity index (χ1n) is 6.35. The second-order valence-corrected chi connectivity index (χ2v) is 4.76. The van der Waals surface area contributed by atoms with Crippen molar-refractivity contribution in [3.8, 4) is 0 Å². The highest BCUT2D eigenvalue weighted by molar-refractivity contribution is 6.33. The fourth-order valence-corrected chi connectivity index (χ4v) is 1.63. The van der Waals surface area contributed by atoms with Crippen molar-refractivity contribution < 1.29 is 32.2 Å². The lowest BCUT2D eigenvalue weighted by Crippen LogP contribution is -2.16. The highest BCUT2D eigenvalue weighted by Gasteiger charge is 2.31. The van der Waals surface area contributed by atoms with Crippen molar-refractivity contribution in [3.63, 3.8) is 0 Å². The van der Waals surface area contributed by atoms with Gasteiger partial charge in [-0.15, -0.1) is 0 Å². The zero-order valence-corrected chi connectivity index (χ0v) is 13.4. The smallest absolute Gasteiger partial charge is 0.417 e. The highest BCUT2D eigenvalue weighted by atomic mass is 35.5. The Morgan fingerprint density at radius 3 is 2.21 bits per heavy atom. The zero-order valence-electron chi connectivity index (χ0n) is 12.6. The summed E-state index contributed by atoms with van der Waals surface area (Å²) in [7, 11) is 2.31. The van der Waals surface area contributed by atoms with Gasteiger partial charge in [-0.25, -0.2) is 4.98 Å². The average Bonchev–Trinajstić information content (AvgIpc) is 2.52. The maximum absolute atomic E-state index is 12.5. The molecule has 0 atom stereocenters. The van der Waals surface area contributed by atoms with Crippen LogP contribution in [0.3, 0.4) is 0 Å². The molecule has 24 heavy (non-hydrogen) atoms. The van der Waals surface area contributed by atoms with E-state index >= 15 is 0 Å². The molecule has 0 fully saturated rings.